The summed E-state index contributed by atoms with van der Waals surface area (Å²) in [4.78, 5) is 30.2. The summed E-state index contributed by atoms with van der Waals surface area (Å²) < 4.78 is 12.9. The molecule has 31 heavy (non-hydrogen) atoms. The largest absolute Gasteiger partial charge is 0.444 e. The zero-order valence-corrected chi connectivity index (χ0v) is 18.2. The molecule has 168 valence electrons. The molecule has 1 aromatic heterocycles. The maximum atomic E-state index is 12.1. The van der Waals surface area contributed by atoms with Crippen LogP contribution >= 0.6 is 0 Å². The number of fused-ring (bicyclic) bond motifs is 1. The Morgan fingerprint density at radius 1 is 1.39 bits per heavy atom. The minimum Gasteiger partial charge on any atom is -0.444 e. The van der Waals surface area contributed by atoms with Crippen LogP contribution in [0.1, 0.15) is 46.1 Å². The molecule has 1 amide bonds. The number of nitro benzene ring substituents is 1. The molecule has 0 radical (unpaired) electrons. The fourth-order valence-corrected chi connectivity index (χ4v) is 4.40. The van der Waals surface area contributed by atoms with E-state index in [1.807, 2.05) is 25.7 Å². The second-order valence-corrected chi connectivity index (χ2v) is 9.10. The zero-order chi connectivity index (χ0) is 22.2. The lowest BCUT2D eigenvalue weighted by Crippen LogP contribution is -2.42. The molecule has 2 aliphatic heterocycles. The Balaban J connectivity index is 1.64. The molecule has 0 saturated carbocycles. The molecule has 2 aliphatic rings. The number of rotatable bonds is 5. The minimum atomic E-state index is -0.583. The highest BCUT2D eigenvalue weighted by Crippen LogP contribution is 2.40. The van der Waals surface area contributed by atoms with Crippen molar-refractivity contribution in [2.24, 2.45) is 0 Å². The van der Waals surface area contributed by atoms with E-state index in [0.717, 1.165) is 24.8 Å². The number of imidazole rings is 1. The van der Waals surface area contributed by atoms with Crippen LogP contribution < -0.4 is 10.2 Å². The van der Waals surface area contributed by atoms with Crippen LogP contribution in [0.3, 0.4) is 0 Å². The molecule has 1 aromatic carbocycles. The Morgan fingerprint density at radius 3 is 2.87 bits per heavy atom. The van der Waals surface area contributed by atoms with Crippen LogP contribution in [-0.2, 0) is 9.47 Å². The number of nitro groups is 1. The molecule has 10 nitrogen and oxygen atoms in total. The first-order valence-electron chi connectivity index (χ1n) is 10.7. The van der Waals surface area contributed by atoms with Crippen LogP contribution in [0.5, 0.6) is 0 Å². The highest BCUT2D eigenvalue weighted by atomic mass is 16.6. The topological polar surface area (TPSA) is 112 Å². The van der Waals surface area contributed by atoms with Crippen molar-refractivity contribution >= 4 is 28.5 Å². The smallest absolute Gasteiger partial charge is 0.407 e. The predicted molar refractivity (Wildman–Crippen MR) is 115 cm³/mol. The Morgan fingerprint density at radius 2 is 2.19 bits per heavy atom. The van der Waals surface area contributed by atoms with Crippen molar-refractivity contribution in [2.75, 3.05) is 31.2 Å². The first kappa shape index (κ1) is 21.4. The molecule has 2 fully saturated rings. The number of alkyl carbamates (subject to hydrolysis) is 1. The van der Waals surface area contributed by atoms with Crippen LogP contribution in [-0.4, -0.2) is 58.5 Å². The fourth-order valence-electron chi connectivity index (χ4n) is 4.40. The maximum absolute atomic E-state index is 12.1. The zero-order valence-electron chi connectivity index (χ0n) is 18.2. The molecular formula is C21H29N5O5. The van der Waals surface area contributed by atoms with Crippen molar-refractivity contribution in [3.8, 4) is 0 Å². The maximum Gasteiger partial charge on any atom is 0.407 e. The average molecular weight is 431 g/mol. The molecule has 1 N–H and O–H groups in total. The Bertz CT molecular complexity index is 976. The molecule has 10 heteroatoms. The number of carbonyl (C=O) groups is 1. The number of benzene rings is 1. The van der Waals surface area contributed by atoms with Gasteiger partial charge < -0.3 is 24.3 Å². The number of carbonyl (C=O) groups excluding carboxylic acids is 1. The number of hydrogen-bond acceptors (Lipinski definition) is 7. The number of nitrogens with zero attached hydrogens (tertiary/aromatic N) is 4. The average Bonchev–Trinajstić information content (AvgIpc) is 3.43. The molecular weight excluding hydrogens is 402 g/mol. The summed E-state index contributed by atoms with van der Waals surface area (Å²) in [6, 6.07) is 3.44. The second-order valence-electron chi connectivity index (χ2n) is 9.10. The number of hydrogen-bond donors (Lipinski definition) is 1. The molecule has 0 spiro atoms. The molecule has 0 bridgehead atoms. The van der Waals surface area contributed by atoms with Gasteiger partial charge in [0.15, 0.2) is 0 Å². The van der Waals surface area contributed by atoms with E-state index in [1.165, 1.54) is 0 Å². The lowest BCUT2D eigenvalue weighted by atomic mass is 10.1. The van der Waals surface area contributed by atoms with E-state index in [0.29, 0.717) is 37.5 Å². The normalized spacial score (nSPS) is 21.6. The predicted octanol–water partition coefficient (Wildman–Crippen LogP) is 3.40. The number of ether oxygens (including phenoxy) is 2. The van der Waals surface area contributed by atoms with E-state index in [4.69, 9.17) is 9.47 Å². The van der Waals surface area contributed by atoms with Crippen LogP contribution in [0.25, 0.3) is 11.0 Å². The summed E-state index contributed by atoms with van der Waals surface area (Å²) in [6.45, 7) is 7.76. The van der Waals surface area contributed by atoms with Crippen molar-refractivity contribution in [1.29, 1.82) is 0 Å². The van der Waals surface area contributed by atoms with Gasteiger partial charge in [-0.1, -0.05) is 0 Å². The van der Waals surface area contributed by atoms with Crippen LogP contribution in [0.15, 0.2) is 18.5 Å². The van der Waals surface area contributed by atoms with Gasteiger partial charge in [0.05, 0.1) is 29.4 Å². The van der Waals surface area contributed by atoms with E-state index in [9.17, 15) is 14.9 Å². The van der Waals surface area contributed by atoms with Gasteiger partial charge in [0.25, 0.3) is 5.69 Å². The molecule has 0 aliphatic carbocycles. The van der Waals surface area contributed by atoms with E-state index in [-0.39, 0.29) is 22.7 Å². The van der Waals surface area contributed by atoms with Gasteiger partial charge in [0.2, 0.25) is 0 Å². The Labute approximate surface area is 180 Å². The lowest BCUT2D eigenvalue weighted by molar-refractivity contribution is -0.384. The van der Waals surface area contributed by atoms with Crippen LogP contribution in [0.2, 0.25) is 0 Å². The first-order valence-corrected chi connectivity index (χ1v) is 10.7. The first-order chi connectivity index (χ1) is 14.7. The number of aromatic nitrogens is 2. The third-order valence-electron chi connectivity index (χ3n) is 5.74. The monoisotopic (exact) mass is 431 g/mol. The van der Waals surface area contributed by atoms with Crippen LogP contribution in [0, 0.1) is 10.1 Å². The Kier molecular flexibility index (Phi) is 5.74. The molecule has 0 unspecified atom stereocenters. The summed E-state index contributed by atoms with van der Waals surface area (Å²) in [5.74, 6) is 0. The molecule has 3 heterocycles. The molecule has 2 saturated heterocycles. The van der Waals surface area contributed by atoms with Gasteiger partial charge >= 0.3 is 6.09 Å². The summed E-state index contributed by atoms with van der Waals surface area (Å²) in [5.41, 5.74) is 1.45. The van der Waals surface area contributed by atoms with Gasteiger partial charge in [-0.3, -0.25) is 10.1 Å². The molecule has 4 rings (SSSR count). The number of amides is 1. The van der Waals surface area contributed by atoms with Gasteiger partial charge in [0.1, 0.15) is 16.8 Å². The van der Waals surface area contributed by atoms with Crippen molar-refractivity contribution < 1.29 is 19.2 Å². The number of nitrogens with one attached hydrogen (secondary N) is 1. The Hall–Kier alpha value is -2.88. The summed E-state index contributed by atoms with van der Waals surface area (Å²) in [5, 5.41) is 14.7. The van der Waals surface area contributed by atoms with Crippen molar-refractivity contribution in [3.63, 3.8) is 0 Å². The third-order valence-corrected chi connectivity index (χ3v) is 5.74. The van der Waals surface area contributed by atoms with Gasteiger partial charge in [-0.15, -0.1) is 0 Å². The van der Waals surface area contributed by atoms with Gasteiger partial charge in [-0.2, -0.15) is 0 Å². The SMILES string of the molecule is CC(C)(C)OC(=O)NC[C@@H]1CCCN1c1c([N+](=O)[O-])ccc2c1ncn2[C@@H]1CCOC1. The number of anilines is 1. The fraction of sp³-hybridized carbons (Fsp3) is 0.619. The summed E-state index contributed by atoms with van der Waals surface area (Å²) >= 11 is 0. The highest BCUT2D eigenvalue weighted by molar-refractivity contribution is 5.95. The van der Waals surface area contributed by atoms with Crippen molar-refractivity contribution in [2.45, 2.75) is 57.7 Å². The van der Waals surface area contributed by atoms with E-state index in [1.54, 1.807) is 18.5 Å². The molecule has 2 atom stereocenters. The van der Waals surface area contributed by atoms with Gasteiger partial charge in [0, 0.05) is 31.8 Å². The van der Waals surface area contributed by atoms with E-state index < -0.39 is 11.7 Å². The summed E-state index contributed by atoms with van der Waals surface area (Å²) in [6.07, 6.45) is 3.86. The highest BCUT2D eigenvalue weighted by Gasteiger charge is 2.34. The second kappa shape index (κ2) is 8.33. The lowest BCUT2D eigenvalue weighted by Gasteiger charge is -2.27. The van der Waals surface area contributed by atoms with Crippen molar-refractivity contribution in [3.05, 3.63) is 28.6 Å². The summed E-state index contributed by atoms with van der Waals surface area (Å²) in [7, 11) is 0. The standard InChI is InChI=1S/C21H29N5O5/c1-21(2,3)31-20(27)22-11-14-5-4-9-24(14)19-17(26(28)29)7-6-16-18(19)23-13-25(16)15-8-10-30-12-15/h6-7,13-15H,4-5,8-12H2,1-3H3,(H,22,27)/t14-,15+/m0/s1. The van der Waals surface area contributed by atoms with E-state index >= 15 is 0 Å². The van der Waals surface area contributed by atoms with Crippen molar-refractivity contribution in [1.82, 2.24) is 14.9 Å². The van der Waals surface area contributed by atoms with Gasteiger partial charge in [-0.25, -0.2) is 9.78 Å². The molecule has 2 aromatic rings. The van der Waals surface area contributed by atoms with E-state index in [2.05, 4.69) is 14.9 Å². The van der Waals surface area contributed by atoms with Gasteiger partial charge in [-0.05, 0) is 46.1 Å². The van der Waals surface area contributed by atoms with Crippen LogP contribution in [0.4, 0.5) is 16.2 Å². The quantitative estimate of drug-likeness (QED) is 0.570. The minimum absolute atomic E-state index is 0.0320. The third kappa shape index (κ3) is 4.43.